The smallest absolute Gasteiger partial charge is 0.112 e. The van der Waals surface area contributed by atoms with E-state index in [1.165, 1.54) is 0 Å². The van der Waals surface area contributed by atoms with Gasteiger partial charge in [-0.15, -0.1) is 11.3 Å². The maximum absolute atomic E-state index is 6.13. The zero-order chi connectivity index (χ0) is 12.4. The van der Waals surface area contributed by atoms with E-state index < -0.39 is 0 Å². The zero-order valence-electron chi connectivity index (χ0n) is 8.93. The molecule has 0 amide bonds. The molecule has 0 aliphatic carbocycles. The summed E-state index contributed by atoms with van der Waals surface area (Å²) in [6.45, 7) is 2.62. The molecular weight excluding hydrogens is 343 g/mol. The summed E-state index contributed by atoms with van der Waals surface area (Å²) in [6, 6.07) is 3.75. The number of rotatable bonds is 3. The molecule has 6 heteroatoms. The van der Waals surface area contributed by atoms with Gasteiger partial charge in [0, 0.05) is 15.5 Å². The fraction of sp³-hybridized carbons (Fsp3) is 0.182. The van der Waals surface area contributed by atoms with Gasteiger partial charge >= 0.3 is 0 Å². The van der Waals surface area contributed by atoms with Gasteiger partial charge < -0.3 is 5.32 Å². The summed E-state index contributed by atoms with van der Waals surface area (Å²) >= 11 is 17.1. The highest BCUT2D eigenvalue weighted by Crippen LogP contribution is 2.36. The first-order valence-electron chi connectivity index (χ1n) is 4.86. The number of anilines is 1. The molecule has 2 nitrogen and oxygen atoms in total. The van der Waals surface area contributed by atoms with Gasteiger partial charge in [0.25, 0.3) is 0 Å². The third-order valence-electron chi connectivity index (χ3n) is 2.13. The van der Waals surface area contributed by atoms with Crippen LogP contribution < -0.4 is 5.32 Å². The summed E-state index contributed by atoms with van der Waals surface area (Å²) in [5.74, 6) is 0. The third-order valence-corrected chi connectivity index (χ3v) is 4.87. The summed E-state index contributed by atoms with van der Waals surface area (Å²) < 4.78 is 0.791. The molecule has 0 bridgehead atoms. The van der Waals surface area contributed by atoms with E-state index in [1.54, 1.807) is 11.3 Å². The number of nitrogens with zero attached hydrogens (tertiary/aromatic N) is 1. The Balaban J connectivity index is 2.12. The molecule has 1 aromatic carbocycles. The van der Waals surface area contributed by atoms with Crippen molar-refractivity contribution in [3.8, 4) is 0 Å². The number of aryl methyl sites for hydroxylation is 1. The van der Waals surface area contributed by atoms with Gasteiger partial charge in [-0.1, -0.05) is 23.2 Å². The van der Waals surface area contributed by atoms with Crippen LogP contribution in [0.5, 0.6) is 0 Å². The van der Waals surface area contributed by atoms with Gasteiger partial charge in [0.1, 0.15) is 5.01 Å². The van der Waals surface area contributed by atoms with Crippen molar-refractivity contribution in [1.82, 2.24) is 4.98 Å². The lowest BCUT2D eigenvalue weighted by molar-refractivity contribution is 1.08. The molecule has 0 saturated carbocycles. The number of hydrogen-bond acceptors (Lipinski definition) is 3. The van der Waals surface area contributed by atoms with Crippen LogP contribution in [0.1, 0.15) is 10.7 Å². The first-order chi connectivity index (χ1) is 8.08. The summed E-state index contributed by atoms with van der Waals surface area (Å²) in [7, 11) is 0. The highest BCUT2D eigenvalue weighted by atomic mass is 79.9. The molecule has 0 radical (unpaired) electrons. The molecule has 0 saturated heterocycles. The second-order valence-electron chi connectivity index (χ2n) is 3.46. The van der Waals surface area contributed by atoms with Crippen LogP contribution in [-0.4, -0.2) is 4.98 Å². The van der Waals surface area contributed by atoms with Gasteiger partial charge in [-0.25, -0.2) is 4.98 Å². The minimum absolute atomic E-state index is 0.520. The van der Waals surface area contributed by atoms with Gasteiger partial charge in [-0.3, -0.25) is 0 Å². The Morgan fingerprint density at radius 1 is 1.35 bits per heavy atom. The van der Waals surface area contributed by atoms with Crippen LogP contribution >= 0.6 is 50.5 Å². The molecule has 1 aromatic heterocycles. The number of hydrogen-bond donors (Lipinski definition) is 1. The lowest BCUT2D eigenvalue weighted by atomic mass is 10.3. The normalized spacial score (nSPS) is 10.6. The van der Waals surface area contributed by atoms with Crippen LogP contribution in [0.3, 0.4) is 0 Å². The van der Waals surface area contributed by atoms with E-state index in [0.29, 0.717) is 16.6 Å². The Kier molecular flexibility index (Phi) is 4.31. The van der Waals surface area contributed by atoms with Crippen molar-refractivity contribution in [3.05, 3.63) is 42.7 Å². The van der Waals surface area contributed by atoms with Crippen molar-refractivity contribution < 1.29 is 0 Å². The average Bonchev–Trinajstić information content (AvgIpc) is 2.71. The zero-order valence-corrected chi connectivity index (χ0v) is 12.8. The van der Waals surface area contributed by atoms with E-state index in [4.69, 9.17) is 23.2 Å². The second kappa shape index (κ2) is 5.57. The summed E-state index contributed by atoms with van der Waals surface area (Å²) in [6.07, 6.45) is 0. The van der Waals surface area contributed by atoms with Gasteiger partial charge in [-0.05, 0) is 35.0 Å². The van der Waals surface area contributed by atoms with Crippen LogP contribution in [-0.2, 0) is 6.54 Å². The van der Waals surface area contributed by atoms with Crippen molar-refractivity contribution >= 4 is 56.2 Å². The maximum atomic E-state index is 6.13. The van der Waals surface area contributed by atoms with Crippen LogP contribution in [0.15, 0.2) is 22.0 Å². The van der Waals surface area contributed by atoms with E-state index in [0.717, 1.165) is 20.9 Å². The number of aromatic nitrogens is 1. The molecule has 0 unspecified atom stereocenters. The number of nitrogens with one attached hydrogen (secondary N) is 1. The van der Waals surface area contributed by atoms with Gasteiger partial charge in [0.15, 0.2) is 0 Å². The topological polar surface area (TPSA) is 24.9 Å². The van der Waals surface area contributed by atoms with Crippen molar-refractivity contribution in [1.29, 1.82) is 0 Å². The maximum Gasteiger partial charge on any atom is 0.112 e. The molecule has 0 spiro atoms. The lowest BCUT2D eigenvalue weighted by Crippen LogP contribution is -1.99. The average molecular weight is 352 g/mol. The number of benzene rings is 1. The Bertz CT molecular complexity index is 542. The van der Waals surface area contributed by atoms with E-state index >= 15 is 0 Å². The van der Waals surface area contributed by atoms with Crippen molar-refractivity contribution in [3.63, 3.8) is 0 Å². The van der Waals surface area contributed by atoms with Crippen molar-refractivity contribution in [2.24, 2.45) is 0 Å². The SMILES string of the molecule is Cc1csc(CNc2ccc(Br)c(Cl)c2Cl)n1. The van der Waals surface area contributed by atoms with E-state index in [-0.39, 0.29) is 0 Å². The number of thiazole rings is 1. The van der Waals surface area contributed by atoms with Gasteiger partial charge in [-0.2, -0.15) is 0 Å². The van der Waals surface area contributed by atoms with Crippen molar-refractivity contribution in [2.45, 2.75) is 13.5 Å². The number of halogens is 3. The molecule has 17 heavy (non-hydrogen) atoms. The van der Waals surface area contributed by atoms with Crippen LogP contribution in [0.2, 0.25) is 10.0 Å². The van der Waals surface area contributed by atoms with Crippen LogP contribution in [0.25, 0.3) is 0 Å². The predicted octanol–water partition coefficient (Wildman–Crippen LogP) is 5.13. The third kappa shape index (κ3) is 3.13. The first-order valence-corrected chi connectivity index (χ1v) is 7.29. The van der Waals surface area contributed by atoms with Crippen LogP contribution in [0.4, 0.5) is 5.69 Å². The Morgan fingerprint density at radius 3 is 2.76 bits per heavy atom. The Morgan fingerprint density at radius 2 is 2.12 bits per heavy atom. The lowest BCUT2D eigenvalue weighted by Gasteiger charge is -2.08. The van der Waals surface area contributed by atoms with E-state index in [1.807, 2.05) is 24.4 Å². The summed E-state index contributed by atoms with van der Waals surface area (Å²) in [4.78, 5) is 4.37. The Hall–Kier alpha value is -0.290. The molecule has 0 aliphatic heterocycles. The highest BCUT2D eigenvalue weighted by Gasteiger charge is 2.08. The second-order valence-corrected chi connectivity index (χ2v) is 6.01. The predicted molar refractivity (Wildman–Crippen MR) is 78.3 cm³/mol. The van der Waals surface area contributed by atoms with Gasteiger partial charge in [0.2, 0.25) is 0 Å². The quantitative estimate of drug-likeness (QED) is 0.775. The molecule has 2 aromatic rings. The standard InChI is InChI=1S/C11H9BrCl2N2S/c1-6-5-17-9(16-6)4-15-8-3-2-7(12)10(13)11(8)14/h2-3,5,15H,4H2,1H3. The highest BCUT2D eigenvalue weighted by molar-refractivity contribution is 9.10. The molecule has 0 atom stereocenters. The molecule has 90 valence electrons. The van der Waals surface area contributed by atoms with Crippen molar-refractivity contribution in [2.75, 3.05) is 5.32 Å². The monoisotopic (exact) mass is 350 g/mol. The van der Waals surface area contributed by atoms with Gasteiger partial charge in [0.05, 0.1) is 22.3 Å². The minimum Gasteiger partial charge on any atom is -0.377 e. The molecular formula is C11H9BrCl2N2S. The molecule has 0 aliphatic rings. The molecule has 1 N–H and O–H groups in total. The largest absolute Gasteiger partial charge is 0.377 e. The summed E-state index contributed by atoms with van der Waals surface area (Å²) in [5.41, 5.74) is 1.85. The van der Waals surface area contributed by atoms with Crippen LogP contribution in [0, 0.1) is 6.92 Å². The fourth-order valence-electron chi connectivity index (χ4n) is 1.32. The van der Waals surface area contributed by atoms with E-state index in [9.17, 15) is 0 Å². The molecule has 2 rings (SSSR count). The molecule has 1 heterocycles. The molecule has 0 fully saturated rings. The van der Waals surface area contributed by atoms with E-state index in [2.05, 4.69) is 26.2 Å². The fourth-order valence-corrected chi connectivity index (χ4v) is 2.87. The summed E-state index contributed by atoms with van der Waals surface area (Å²) in [5, 5.41) is 7.31. The Labute approximate surface area is 122 Å². The minimum atomic E-state index is 0.520. The first kappa shape index (κ1) is 13.1.